The summed E-state index contributed by atoms with van der Waals surface area (Å²) in [5.41, 5.74) is 5.85. The Morgan fingerprint density at radius 2 is 1.68 bits per heavy atom. The molecule has 190 valence electrons. The van der Waals surface area contributed by atoms with Gasteiger partial charge in [-0.05, 0) is 63.8 Å². The second-order valence-corrected chi connectivity index (χ2v) is 10.9. The number of anilines is 1. The summed E-state index contributed by atoms with van der Waals surface area (Å²) < 4.78 is 6.03. The third-order valence-corrected chi connectivity index (χ3v) is 7.22. The van der Waals surface area contributed by atoms with E-state index in [2.05, 4.69) is 98.9 Å². The molecule has 0 saturated heterocycles. The molecule has 1 aliphatic heterocycles. The molecule has 0 radical (unpaired) electrons. The molecule has 5 rings (SSSR count). The monoisotopic (exact) mass is 492 g/mol. The van der Waals surface area contributed by atoms with Crippen molar-refractivity contribution >= 4 is 22.6 Å². The van der Waals surface area contributed by atoms with E-state index in [-0.39, 0.29) is 11.5 Å². The molecule has 1 heterocycles. The van der Waals surface area contributed by atoms with Gasteiger partial charge in [0.05, 0.1) is 5.69 Å². The first-order valence-corrected chi connectivity index (χ1v) is 13.3. The summed E-state index contributed by atoms with van der Waals surface area (Å²) in [5.74, 6) is 0.612. The molecule has 0 spiro atoms. The fourth-order valence-corrected chi connectivity index (χ4v) is 5.05. The molecule has 0 fully saturated rings. The van der Waals surface area contributed by atoms with E-state index < -0.39 is 0 Å². The van der Waals surface area contributed by atoms with Crippen molar-refractivity contribution in [1.29, 1.82) is 0 Å². The zero-order valence-electron chi connectivity index (χ0n) is 22.1. The highest BCUT2D eigenvalue weighted by molar-refractivity contribution is 5.85. The summed E-state index contributed by atoms with van der Waals surface area (Å²) in [7, 11) is 0. The number of aryl methyl sites for hydroxylation is 1. The van der Waals surface area contributed by atoms with Crippen LogP contribution in [-0.4, -0.2) is 24.1 Å². The molecular weight excluding hydrogens is 456 g/mol. The van der Waals surface area contributed by atoms with Crippen LogP contribution in [-0.2, 0) is 24.8 Å². The summed E-state index contributed by atoms with van der Waals surface area (Å²) in [6.45, 7) is 8.60. The van der Waals surface area contributed by atoms with Crippen LogP contribution in [0.2, 0.25) is 0 Å². The van der Waals surface area contributed by atoms with Crippen LogP contribution in [0.3, 0.4) is 0 Å². The summed E-state index contributed by atoms with van der Waals surface area (Å²) in [6, 6.07) is 29.4. The van der Waals surface area contributed by atoms with Gasteiger partial charge in [-0.2, -0.15) is 0 Å². The van der Waals surface area contributed by atoms with Crippen LogP contribution in [0.1, 0.15) is 49.4 Å². The third-order valence-electron chi connectivity index (χ3n) is 7.22. The Morgan fingerprint density at radius 1 is 0.919 bits per heavy atom. The van der Waals surface area contributed by atoms with Crippen LogP contribution < -0.4 is 10.1 Å². The van der Waals surface area contributed by atoms with Gasteiger partial charge in [-0.15, -0.1) is 0 Å². The van der Waals surface area contributed by atoms with Gasteiger partial charge in [-0.3, -0.25) is 0 Å². The van der Waals surface area contributed by atoms with E-state index in [1.54, 1.807) is 0 Å². The molecule has 1 N–H and O–H groups in total. The van der Waals surface area contributed by atoms with Gasteiger partial charge in [0, 0.05) is 19.6 Å². The van der Waals surface area contributed by atoms with Crippen LogP contribution in [0.25, 0.3) is 10.8 Å². The Balaban J connectivity index is 1.39. The lowest BCUT2D eigenvalue weighted by molar-refractivity contribution is 0.150. The number of para-hydroxylation sites is 1. The highest BCUT2D eigenvalue weighted by atomic mass is 16.6. The molecule has 0 aliphatic carbocycles. The van der Waals surface area contributed by atoms with Gasteiger partial charge < -0.3 is 15.0 Å². The summed E-state index contributed by atoms with van der Waals surface area (Å²) in [6.07, 6.45) is 2.52. The molecule has 0 atom stereocenters. The molecule has 4 heteroatoms. The minimum Gasteiger partial charge on any atom is -0.408 e. The molecule has 4 aromatic rings. The Bertz CT molecular complexity index is 1380. The maximum Gasteiger partial charge on any atom is 0.415 e. The number of carbonyl (C=O) groups is 1. The SMILES string of the molecule is CC(C)(C)c1ccc(CN(CCc2cccc3ccccc23)C(=O)Oc2cccc3c2NCCC3)cc1. The lowest BCUT2D eigenvalue weighted by atomic mass is 9.87. The first-order valence-electron chi connectivity index (χ1n) is 13.3. The molecule has 4 nitrogen and oxygen atoms in total. The molecular formula is C33H36N2O2. The van der Waals surface area contributed by atoms with E-state index in [1.165, 1.54) is 27.5 Å². The molecule has 37 heavy (non-hydrogen) atoms. The van der Waals surface area contributed by atoms with Crippen LogP contribution in [0.15, 0.2) is 84.9 Å². The molecule has 0 unspecified atom stereocenters. The highest BCUT2D eigenvalue weighted by Crippen LogP contribution is 2.32. The number of rotatable bonds is 6. The topological polar surface area (TPSA) is 41.6 Å². The standard InChI is InChI=1S/C33H36N2O2/c1-33(2,3)28-18-16-24(17-19-28)23-35(22-20-26-11-6-10-25-9-4-5-14-29(25)26)32(36)37-30-15-7-12-27-13-8-21-34-31(27)30/h4-7,9-12,14-19,34H,8,13,20-23H2,1-3H3. The maximum atomic E-state index is 13.6. The number of nitrogens with one attached hydrogen (secondary N) is 1. The number of ether oxygens (including phenoxy) is 1. The van der Waals surface area contributed by atoms with Gasteiger partial charge in [-0.1, -0.05) is 99.6 Å². The van der Waals surface area contributed by atoms with Gasteiger partial charge in [0.1, 0.15) is 0 Å². The third kappa shape index (κ3) is 5.80. The number of hydrogen-bond acceptors (Lipinski definition) is 3. The van der Waals surface area contributed by atoms with E-state index >= 15 is 0 Å². The number of benzene rings is 4. The van der Waals surface area contributed by atoms with Gasteiger partial charge >= 0.3 is 6.09 Å². The Hall–Kier alpha value is -3.79. The van der Waals surface area contributed by atoms with E-state index in [9.17, 15) is 4.79 Å². The Kier molecular flexibility index (Phi) is 7.18. The van der Waals surface area contributed by atoms with Crippen molar-refractivity contribution in [2.75, 3.05) is 18.4 Å². The maximum absolute atomic E-state index is 13.6. The van der Waals surface area contributed by atoms with Gasteiger partial charge in [-0.25, -0.2) is 4.79 Å². The first-order chi connectivity index (χ1) is 17.9. The van der Waals surface area contributed by atoms with Crippen molar-refractivity contribution in [2.45, 2.75) is 52.0 Å². The predicted octanol–water partition coefficient (Wildman–Crippen LogP) is 7.74. The summed E-state index contributed by atoms with van der Waals surface area (Å²) >= 11 is 0. The number of nitrogens with zero attached hydrogens (tertiary/aromatic N) is 1. The Labute approximate surface area is 220 Å². The van der Waals surface area contributed by atoms with Crippen LogP contribution in [0.4, 0.5) is 10.5 Å². The number of carbonyl (C=O) groups excluding carboxylic acids is 1. The smallest absolute Gasteiger partial charge is 0.408 e. The number of amides is 1. The number of hydrogen-bond donors (Lipinski definition) is 1. The van der Waals surface area contributed by atoms with Gasteiger partial charge in [0.25, 0.3) is 0 Å². The highest BCUT2D eigenvalue weighted by Gasteiger charge is 2.21. The molecule has 4 aromatic carbocycles. The zero-order chi connectivity index (χ0) is 25.8. The Morgan fingerprint density at radius 3 is 2.49 bits per heavy atom. The molecule has 1 amide bonds. The summed E-state index contributed by atoms with van der Waals surface area (Å²) in [5, 5.41) is 5.88. The minimum atomic E-state index is -0.319. The van der Waals surface area contributed by atoms with Crippen LogP contribution >= 0.6 is 0 Å². The van der Waals surface area contributed by atoms with Crippen molar-refractivity contribution < 1.29 is 9.53 Å². The molecule has 1 aliphatic rings. The quantitative estimate of drug-likeness (QED) is 0.299. The van der Waals surface area contributed by atoms with E-state index in [0.29, 0.717) is 18.8 Å². The second-order valence-electron chi connectivity index (χ2n) is 10.9. The lowest BCUT2D eigenvalue weighted by Gasteiger charge is -2.25. The number of fused-ring (bicyclic) bond motifs is 2. The summed E-state index contributed by atoms with van der Waals surface area (Å²) in [4.78, 5) is 15.4. The first kappa shape index (κ1) is 24.9. The van der Waals surface area contributed by atoms with Crippen molar-refractivity contribution in [3.63, 3.8) is 0 Å². The molecule has 0 bridgehead atoms. The van der Waals surface area contributed by atoms with Crippen LogP contribution in [0.5, 0.6) is 5.75 Å². The van der Waals surface area contributed by atoms with Crippen LogP contribution in [0, 0.1) is 0 Å². The predicted molar refractivity (Wildman–Crippen MR) is 152 cm³/mol. The largest absolute Gasteiger partial charge is 0.415 e. The normalized spacial score (nSPS) is 13.1. The lowest BCUT2D eigenvalue weighted by Crippen LogP contribution is -2.35. The van der Waals surface area contributed by atoms with E-state index in [1.807, 2.05) is 17.0 Å². The van der Waals surface area contributed by atoms with Gasteiger partial charge in [0.15, 0.2) is 5.75 Å². The fourth-order valence-electron chi connectivity index (χ4n) is 5.05. The molecule has 0 saturated carbocycles. The fraction of sp³-hybridized carbons (Fsp3) is 0.303. The van der Waals surface area contributed by atoms with Crippen molar-refractivity contribution in [1.82, 2.24) is 4.90 Å². The zero-order valence-corrected chi connectivity index (χ0v) is 22.1. The van der Waals surface area contributed by atoms with Crippen molar-refractivity contribution in [3.05, 3.63) is 107 Å². The average Bonchev–Trinajstić information content (AvgIpc) is 2.91. The second kappa shape index (κ2) is 10.7. The average molecular weight is 493 g/mol. The van der Waals surface area contributed by atoms with E-state index in [4.69, 9.17) is 4.74 Å². The van der Waals surface area contributed by atoms with E-state index in [0.717, 1.165) is 37.1 Å². The minimum absolute atomic E-state index is 0.0882. The van der Waals surface area contributed by atoms with Crippen molar-refractivity contribution in [3.8, 4) is 5.75 Å². The molecule has 0 aromatic heterocycles. The van der Waals surface area contributed by atoms with Crippen molar-refractivity contribution in [2.24, 2.45) is 0 Å². The van der Waals surface area contributed by atoms with Gasteiger partial charge in [0.2, 0.25) is 0 Å².